The number of ether oxygens (including phenoxy) is 2. The van der Waals surface area contributed by atoms with Crippen LogP contribution in [0.5, 0.6) is 11.5 Å². The number of aromatic amines is 2. The van der Waals surface area contributed by atoms with Gasteiger partial charge in [0.2, 0.25) is 5.91 Å². The quantitative estimate of drug-likeness (QED) is 0.668. The third-order valence-corrected chi connectivity index (χ3v) is 3.61. The molecular formula is C17H17N3O4. The first kappa shape index (κ1) is 15.7. The van der Waals surface area contributed by atoms with Crippen LogP contribution in [-0.2, 0) is 11.2 Å². The Kier molecular flexibility index (Phi) is 4.24. The van der Waals surface area contributed by atoms with Crippen LogP contribution in [0.3, 0.4) is 0 Å². The lowest BCUT2D eigenvalue weighted by atomic mass is 10.1. The lowest BCUT2D eigenvalue weighted by Crippen LogP contribution is -2.14. The molecule has 1 amide bonds. The van der Waals surface area contributed by atoms with Crippen molar-refractivity contribution in [1.82, 2.24) is 9.97 Å². The molecule has 7 nitrogen and oxygen atoms in total. The molecule has 7 heteroatoms. The molecule has 0 saturated carbocycles. The normalized spacial score (nSPS) is 10.6. The molecule has 0 aliphatic heterocycles. The Morgan fingerprint density at radius 2 is 1.75 bits per heavy atom. The minimum Gasteiger partial charge on any atom is -0.493 e. The minimum atomic E-state index is -0.267. The molecule has 0 aliphatic rings. The Bertz CT molecular complexity index is 942. The molecule has 124 valence electrons. The summed E-state index contributed by atoms with van der Waals surface area (Å²) in [6.07, 6.45) is 0.192. The van der Waals surface area contributed by atoms with Crippen molar-refractivity contribution in [2.45, 2.75) is 6.42 Å². The number of amides is 1. The second-order valence-corrected chi connectivity index (χ2v) is 5.25. The number of H-pyrrole nitrogens is 2. The highest BCUT2D eigenvalue weighted by molar-refractivity contribution is 5.93. The molecule has 0 fully saturated rings. The van der Waals surface area contributed by atoms with E-state index in [1.165, 1.54) is 7.11 Å². The van der Waals surface area contributed by atoms with Crippen molar-refractivity contribution in [2.24, 2.45) is 0 Å². The monoisotopic (exact) mass is 327 g/mol. The molecule has 0 unspecified atom stereocenters. The smallest absolute Gasteiger partial charge is 0.323 e. The number of hydrogen-bond acceptors (Lipinski definition) is 4. The fraction of sp³-hybridized carbons (Fsp3) is 0.176. The predicted molar refractivity (Wildman–Crippen MR) is 90.8 cm³/mol. The number of carbonyl (C=O) groups excluding carboxylic acids is 1. The van der Waals surface area contributed by atoms with Crippen molar-refractivity contribution in [3.8, 4) is 11.5 Å². The van der Waals surface area contributed by atoms with Crippen molar-refractivity contribution in [1.29, 1.82) is 0 Å². The summed E-state index contributed by atoms with van der Waals surface area (Å²) >= 11 is 0. The number of anilines is 1. The zero-order valence-corrected chi connectivity index (χ0v) is 13.3. The summed E-state index contributed by atoms with van der Waals surface area (Å²) in [7, 11) is 3.09. The molecule has 2 aromatic carbocycles. The Morgan fingerprint density at radius 3 is 2.50 bits per heavy atom. The largest absolute Gasteiger partial charge is 0.493 e. The SMILES string of the molecule is COc1ccc(NC(=O)Cc2ccc3[nH]c(=O)[nH]c3c2)cc1OC. The van der Waals surface area contributed by atoms with Gasteiger partial charge in [0.05, 0.1) is 31.7 Å². The molecule has 0 bridgehead atoms. The number of fused-ring (bicyclic) bond motifs is 1. The van der Waals surface area contributed by atoms with Crippen molar-refractivity contribution in [3.05, 3.63) is 52.4 Å². The number of hydrogen-bond donors (Lipinski definition) is 3. The van der Waals surface area contributed by atoms with E-state index in [4.69, 9.17) is 9.47 Å². The van der Waals surface area contributed by atoms with Crippen LogP contribution < -0.4 is 20.5 Å². The zero-order valence-electron chi connectivity index (χ0n) is 13.3. The van der Waals surface area contributed by atoms with Crippen LogP contribution in [0.25, 0.3) is 11.0 Å². The van der Waals surface area contributed by atoms with Gasteiger partial charge in [0, 0.05) is 11.8 Å². The molecule has 24 heavy (non-hydrogen) atoms. The minimum absolute atomic E-state index is 0.167. The summed E-state index contributed by atoms with van der Waals surface area (Å²) in [5, 5.41) is 2.82. The van der Waals surface area contributed by atoms with Crippen LogP contribution in [0.4, 0.5) is 5.69 Å². The zero-order chi connectivity index (χ0) is 17.1. The van der Waals surface area contributed by atoms with Gasteiger partial charge in [-0.15, -0.1) is 0 Å². The van der Waals surface area contributed by atoms with Gasteiger partial charge in [-0.1, -0.05) is 6.07 Å². The van der Waals surface area contributed by atoms with Crippen molar-refractivity contribution < 1.29 is 14.3 Å². The molecule has 3 rings (SSSR count). The highest BCUT2D eigenvalue weighted by Gasteiger charge is 2.09. The lowest BCUT2D eigenvalue weighted by Gasteiger charge is -2.10. The fourth-order valence-electron chi connectivity index (χ4n) is 2.49. The average Bonchev–Trinajstić information content (AvgIpc) is 2.93. The first-order valence-corrected chi connectivity index (χ1v) is 7.32. The number of imidazole rings is 1. The van der Waals surface area contributed by atoms with Crippen LogP contribution in [0.1, 0.15) is 5.56 Å². The van der Waals surface area contributed by atoms with Crippen molar-refractivity contribution >= 4 is 22.6 Å². The van der Waals surface area contributed by atoms with Gasteiger partial charge in [0.15, 0.2) is 11.5 Å². The van der Waals surface area contributed by atoms with E-state index in [1.54, 1.807) is 43.5 Å². The average molecular weight is 327 g/mol. The lowest BCUT2D eigenvalue weighted by molar-refractivity contribution is -0.115. The summed E-state index contributed by atoms with van der Waals surface area (Å²) in [6.45, 7) is 0. The summed E-state index contributed by atoms with van der Waals surface area (Å²) in [6, 6.07) is 10.5. The number of methoxy groups -OCH3 is 2. The maximum atomic E-state index is 12.2. The summed E-state index contributed by atoms with van der Waals surface area (Å²) in [5.74, 6) is 0.971. The maximum absolute atomic E-state index is 12.2. The third-order valence-electron chi connectivity index (χ3n) is 3.61. The second kappa shape index (κ2) is 6.49. The molecule has 0 saturated heterocycles. The standard InChI is InChI=1S/C17H17N3O4/c1-23-14-6-4-11(9-15(14)24-2)18-16(21)8-10-3-5-12-13(7-10)20-17(22)19-12/h3-7,9H,8H2,1-2H3,(H,18,21)(H2,19,20,22). The van der Waals surface area contributed by atoms with E-state index in [0.717, 1.165) is 5.56 Å². The first-order chi connectivity index (χ1) is 11.6. The highest BCUT2D eigenvalue weighted by atomic mass is 16.5. The molecule has 0 atom stereocenters. The van der Waals surface area contributed by atoms with Crippen molar-refractivity contribution in [2.75, 3.05) is 19.5 Å². The van der Waals surface area contributed by atoms with Gasteiger partial charge < -0.3 is 24.8 Å². The van der Waals surface area contributed by atoms with Crippen LogP contribution in [-0.4, -0.2) is 30.1 Å². The van der Waals surface area contributed by atoms with Crippen LogP contribution in [0, 0.1) is 0 Å². The van der Waals surface area contributed by atoms with E-state index < -0.39 is 0 Å². The summed E-state index contributed by atoms with van der Waals surface area (Å²) in [4.78, 5) is 28.8. The van der Waals surface area contributed by atoms with Gasteiger partial charge in [0.25, 0.3) is 0 Å². The van der Waals surface area contributed by atoms with E-state index in [2.05, 4.69) is 15.3 Å². The number of benzene rings is 2. The van der Waals surface area contributed by atoms with Gasteiger partial charge in [0.1, 0.15) is 0 Å². The summed E-state index contributed by atoms with van der Waals surface area (Å²) < 4.78 is 10.4. The molecule has 3 N–H and O–H groups in total. The summed E-state index contributed by atoms with van der Waals surface area (Å²) in [5.41, 5.74) is 2.54. The maximum Gasteiger partial charge on any atom is 0.323 e. The Hall–Kier alpha value is -3.22. The van der Waals surface area contributed by atoms with Gasteiger partial charge in [-0.3, -0.25) is 4.79 Å². The fourth-order valence-corrected chi connectivity index (χ4v) is 2.49. The van der Waals surface area contributed by atoms with Crippen molar-refractivity contribution in [3.63, 3.8) is 0 Å². The van der Waals surface area contributed by atoms with Gasteiger partial charge in [-0.25, -0.2) is 4.79 Å². The number of aromatic nitrogens is 2. The van der Waals surface area contributed by atoms with Crippen LogP contribution in [0.2, 0.25) is 0 Å². The van der Waals surface area contributed by atoms with Crippen LogP contribution >= 0.6 is 0 Å². The number of nitrogens with one attached hydrogen (secondary N) is 3. The Labute approximate surface area is 137 Å². The van der Waals surface area contributed by atoms with E-state index >= 15 is 0 Å². The van der Waals surface area contributed by atoms with E-state index in [0.29, 0.717) is 28.2 Å². The highest BCUT2D eigenvalue weighted by Crippen LogP contribution is 2.29. The number of carbonyl (C=O) groups is 1. The Morgan fingerprint density at radius 1 is 1.00 bits per heavy atom. The molecule has 0 radical (unpaired) electrons. The Balaban J connectivity index is 1.73. The molecule has 1 aromatic heterocycles. The second-order valence-electron chi connectivity index (χ2n) is 5.25. The predicted octanol–water partition coefficient (Wildman–Crippen LogP) is 2.05. The van der Waals surface area contributed by atoms with E-state index in [1.807, 2.05) is 0 Å². The first-order valence-electron chi connectivity index (χ1n) is 7.32. The van der Waals surface area contributed by atoms with Gasteiger partial charge in [-0.05, 0) is 29.8 Å². The van der Waals surface area contributed by atoms with Gasteiger partial charge >= 0.3 is 5.69 Å². The molecular weight excluding hydrogens is 310 g/mol. The number of rotatable bonds is 5. The molecule has 1 heterocycles. The molecule has 3 aromatic rings. The van der Waals surface area contributed by atoms with E-state index in [-0.39, 0.29) is 18.0 Å². The molecule has 0 spiro atoms. The van der Waals surface area contributed by atoms with Crippen LogP contribution in [0.15, 0.2) is 41.2 Å². The van der Waals surface area contributed by atoms with Gasteiger partial charge in [-0.2, -0.15) is 0 Å². The molecule has 0 aliphatic carbocycles. The topological polar surface area (TPSA) is 96.2 Å². The van der Waals surface area contributed by atoms with E-state index in [9.17, 15) is 9.59 Å². The third kappa shape index (κ3) is 3.24.